The Bertz CT molecular complexity index is 773. The van der Waals surface area contributed by atoms with Crippen LogP contribution in [-0.2, 0) is 4.79 Å². The smallest absolute Gasteiger partial charge is 0.321 e. The number of nitrogens with zero attached hydrogens (tertiary/aromatic N) is 2. The first-order valence-corrected chi connectivity index (χ1v) is 9.59. The van der Waals surface area contributed by atoms with Crippen LogP contribution in [0.1, 0.15) is 36.5 Å². The second-order valence-electron chi connectivity index (χ2n) is 5.66. The van der Waals surface area contributed by atoms with Crippen LogP contribution >= 0.6 is 23.1 Å². The number of thiophene rings is 1. The third kappa shape index (κ3) is 4.45. The van der Waals surface area contributed by atoms with E-state index in [4.69, 9.17) is 0 Å². The van der Waals surface area contributed by atoms with Crippen LogP contribution in [0.5, 0.6) is 0 Å². The van der Waals surface area contributed by atoms with Gasteiger partial charge in [-0.05, 0) is 39.7 Å². The van der Waals surface area contributed by atoms with Crippen LogP contribution in [0.3, 0.4) is 0 Å². The molecule has 0 aliphatic rings. The molecular formula is C16H22N4O2S2. The van der Waals surface area contributed by atoms with Crippen LogP contribution in [0.15, 0.2) is 5.03 Å². The summed E-state index contributed by atoms with van der Waals surface area (Å²) >= 11 is 2.96. The summed E-state index contributed by atoms with van der Waals surface area (Å²) in [4.78, 5) is 34.7. The highest BCUT2D eigenvalue weighted by molar-refractivity contribution is 8.00. The van der Waals surface area contributed by atoms with Gasteiger partial charge in [0, 0.05) is 16.3 Å². The van der Waals surface area contributed by atoms with E-state index in [9.17, 15) is 9.59 Å². The van der Waals surface area contributed by atoms with Crippen molar-refractivity contribution in [1.29, 1.82) is 0 Å². The molecule has 2 N–H and O–H groups in total. The molecule has 6 nitrogen and oxygen atoms in total. The summed E-state index contributed by atoms with van der Waals surface area (Å²) in [5, 5.41) is 6.85. The largest absolute Gasteiger partial charge is 0.335 e. The van der Waals surface area contributed by atoms with Crippen molar-refractivity contribution in [2.45, 2.75) is 52.1 Å². The molecule has 2 aromatic heterocycles. The zero-order valence-corrected chi connectivity index (χ0v) is 16.2. The fourth-order valence-corrected chi connectivity index (χ4v) is 4.15. The first-order valence-electron chi connectivity index (χ1n) is 7.79. The van der Waals surface area contributed by atoms with Crippen molar-refractivity contribution in [2.75, 3.05) is 5.75 Å². The third-order valence-corrected chi connectivity index (χ3v) is 5.77. The van der Waals surface area contributed by atoms with E-state index in [1.807, 2.05) is 27.7 Å². The number of imide groups is 1. The molecule has 0 aliphatic carbocycles. The van der Waals surface area contributed by atoms with E-state index in [1.54, 1.807) is 11.3 Å². The van der Waals surface area contributed by atoms with E-state index in [-0.39, 0.29) is 17.7 Å². The van der Waals surface area contributed by atoms with Gasteiger partial charge in [0.1, 0.15) is 15.7 Å². The molecular weight excluding hydrogens is 344 g/mol. The van der Waals surface area contributed by atoms with Gasteiger partial charge in [-0.15, -0.1) is 11.3 Å². The van der Waals surface area contributed by atoms with Gasteiger partial charge in [-0.3, -0.25) is 10.1 Å². The molecule has 2 heterocycles. The predicted octanol–water partition coefficient (Wildman–Crippen LogP) is 3.33. The number of hydrogen-bond acceptors (Lipinski definition) is 6. The minimum atomic E-state index is -0.457. The first kappa shape index (κ1) is 18.7. The van der Waals surface area contributed by atoms with Crippen molar-refractivity contribution in [1.82, 2.24) is 20.6 Å². The average molecular weight is 367 g/mol. The topological polar surface area (TPSA) is 84.0 Å². The monoisotopic (exact) mass is 366 g/mol. The fraction of sp³-hybridized carbons (Fsp3) is 0.500. The standard InChI is InChI=1S/C16H22N4O2S2/c1-6-8(2)17-16(22)20-12(21)7-23-14-13-9(3)10(4)24-15(13)19-11(5)18-14/h8H,6-7H2,1-5H3,(H2,17,20,21,22)/t8-/m0/s1. The number of aromatic nitrogens is 2. The zero-order valence-electron chi connectivity index (χ0n) is 14.5. The Labute approximate surface area is 149 Å². The van der Waals surface area contributed by atoms with Gasteiger partial charge in [0.2, 0.25) is 5.91 Å². The number of hydrogen-bond donors (Lipinski definition) is 2. The Morgan fingerprint density at radius 3 is 2.62 bits per heavy atom. The molecule has 0 saturated carbocycles. The molecule has 24 heavy (non-hydrogen) atoms. The minimum absolute atomic E-state index is 0.0334. The van der Waals surface area contributed by atoms with Crippen LogP contribution < -0.4 is 10.6 Å². The Morgan fingerprint density at radius 2 is 1.96 bits per heavy atom. The quantitative estimate of drug-likeness (QED) is 0.626. The second kappa shape index (κ2) is 7.94. The normalized spacial score (nSPS) is 12.2. The lowest BCUT2D eigenvalue weighted by Crippen LogP contribution is -2.43. The van der Waals surface area contributed by atoms with Crippen LogP contribution in [0.2, 0.25) is 0 Å². The van der Waals surface area contributed by atoms with Crippen molar-refractivity contribution < 1.29 is 9.59 Å². The molecule has 0 unspecified atom stereocenters. The van der Waals surface area contributed by atoms with Gasteiger partial charge >= 0.3 is 6.03 Å². The minimum Gasteiger partial charge on any atom is -0.335 e. The Kier molecular flexibility index (Phi) is 6.17. The maximum atomic E-state index is 12.0. The summed E-state index contributed by atoms with van der Waals surface area (Å²) in [5.74, 6) is 0.476. The maximum absolute atomic E-state index is 12.0. The summed E-state index contributed by atoms with van der Waals surface area (Å²) in [6.45, 7) is 9.79. The molecule has 0 aromatic carbocycles. The molecule has 2 aromatic rings. The first-order chi connectivity index (χ1) is 11.3. The highest BCUT2D eigenvalue weighted by Gasteiger charge is 2.16. The summed E-state index contributed by atoms with van der Waals surface area (Å²) in [7, 11) is 0. The number of rotatable bonds is 5. The van der Waals surface area contributed by atoms with E-state index < -0.39 is 6.03 Å². The number of amides is 3. The van der Waals surface area contributed by atoms with Crippen molar-refractivity contribution in [3.05, 3.63) is 16.3 Å². The number of aryl methyl sites for hydroxylation is 3. The summed E-state index contributed by atoms with van der Waals surface area (Å²) in [5.41, 5.74) is 1.15. The molecule has 8 heteroatoms. The molecule has 3 amide bonds. The number of thioether (sulfide) groups is 1. The van der Waals surface area contributed by atoms with Gasteiger partial charge in [-0.25, -0.2) is 14.8 Å². The lowest BCUT2D eigenvalue weighted by Gasteiger charge is -2.11. The molecule has 0 spiro atoms. The number of carbonyl (C=O) groups is 2. The maximum Gasteiger partial charge on any atom is 0.321 e. The SMILES string of the molecule is CC[C@H](C)NC(=O)NC(=O)CSc1nc(C)nc2sc(C)c(C)c12. The Hall–Kier alpha value is -1.67. The fourth-order valence-electron chi connectivity index (χ4n) is 2.08. The molecule has 0 fully saturated rings. The predicted molar refractivity (Wildman–Crippen MR) is 98.8 cm³/mol. The highest BCUT2D eigenvalue weighted by atomic mass is 32.2. The van der Waals surface area contributed by atoms with Crippen molar-refractivity contribution in [3.63, 3.8) is 0 Å². The number of urea groups is 1. The second-order valence-corrected chi connectivity index (χ2v) is 7.83. The molecule has 0 aliphatic heterocycles. The highest BCUT2D eigenvalue weighted by Crippen LogP contribution is 2.34. The van der Waals surface area contributed by atoms with Gasteiger partial charge < -0.3 is 5.32 Å². The third-order valence-electron chi connectivity index (χ3n) is 3.69. The number of carbonyl (C=O) groups excluding carboxylic acids is 2. The van der Waals surface area contributed by atoms with Gasteiger partial charge in [0.15, 0.2) is 0 Å². The van der Waals surface area contributed by atoms with Crippen LogP contribution in [0, 0.1) is 20.8 Å². The number of fused-ring (bicyclic) bond motifs is 1. The molecule has 130 valence electrons. The van der Waals surface area contributed by atoms with E-state index in [0.29, 0.717) is 5.82 Å². The summed E-state index contributed by atoms with van der Waals surface area (Å²) in [6, 6.07) is -0.424. The van der Waals surface area contributed by atoms with Gasteiger partial charge in [0.05, 0.1) is 5.75 Å². The van der Waals surface area contributed by atoms with Gasteiger partial charge in [-0.1, -0.05) is 18.7 Å². The van der Waals surface area contributed by atoms with Crippen LogP contribution in [0.4, 0.5) is 4.79 Å². The lowest BCUT2D eigenvalue weighted by molar-refractivity contribution is -0.117. The van der Waals surface area contributed by atoms with E-state index in [2.05, 4.69) is 27.5 Å². The van der Waals surface area contributed by atoms with Crippen LogP contribution in [-0.4, -0.2) is 33.7 Å². The van der Waals surface area contributed by atoms with Crippen molar-refractivity contribution in [2.24, 2.45) is 0 Å². The summed E-state index contributed by atoms with van der Waals surface area (Å²) < 4.78 is 0. The van der Waals surface area contributed by atoms with E-state index in [0.717, 1.165) is 27.2 Å². The molecule has 0 saturated heterocycles. The van der Waals surface area contributed by atoms with Gasteiger partial charge in [-0.2, -0.15) is 0 Å². The molecule has 0 radical (unpaired) electrons. The lowest BCUT2D eigenvalue weighted by atomic mass is 10.2. The van der Waals surface area contributed by atoms with E-state index in [1.165, 1.54) is 16.6 Å². The van der Waals surface area contributed by atoms with Crippen LogP contribution in [0.25, 0.3) is 10.2 Å². The molecule has 1 atom stereocenters. The van der Waals surface area contributed by atoms with Gasteiger partial charge in [0.25, 0.3) is 0 Å². The molecule has 0 bridgehead atoms. The molecule has 2 rings (SSSR count). The average Bonchev–Trinajstić information content (AvgIpc) is 2.79. The number of nitrogens with one attached hydrogen (secondary N) is 2. The van der Waals surface area contributed by atoms with Crippen molar-refractivity contribution >= 4 is 45.3 Å². The Balaban J connectivity index is 2.05. The zero-order chi connectivity index (χ0) is 17.9. The van der Waals surface area contributed by atoms with Crippen molar-refractivity contribution in [3.8, 4) is 0 Å². The van der Waals surface area contributed by atoms with E-state index >= 15 is 0 Å². The summed E-state index contributed by atoms with van der Waals surface area (Å²) in [6.07, 6.45) is 0.811. The Morgan fingerprint density at radius 1 is 1.25 bits per heavy atom.